The first-order valence-corrected chi connectivity index (χ1v) is 19.5. The van der Waals surface area contributed by atoms with Gasteiger partial charge in [-0.3, -0.25) is 0 Å². The second-order valence-electron chi connectivity index (χ2n) is 15.5. The molecular weight excluding hydrogens is 913 g/mol. The van der Waals surface area contributed by atoms with Gasteiger partial charge in [0, 0.05) is 0 Å². The molecule has 336 valence electrons. The molecule has 2 nitrogen and oxygen atoms in total. The molecule has 0 fully saturated rings. The van der Waals surface area contributed by atoms with Crippen LogP contribution in [0.2, 0.25) is 0 Å². The normalized spacial score (nSPS) is 10.4. The number of hydrogen-bond acceptors (Lipinski definition) is 2. The van der Waals surface area contributed by atoms with E-state index in [1.165, 1.54) is 61.2 Å². The fourth-order valence-corrected chi connectivity index (χ4v) is 6.83. The van der Waals surface area contributed by atoms with Crippen molar-refractivity contribution in [3.8, 4) is 5.75 Å². The average molecular weight is 964 g/mol. The van der Waals surface area contributed by atoms with Crippen LogP contribution < -0.4 is 16.0 Å². The van der Waals surface area contributed by atoms with Gasteiger partial charge in [-0.2, -0.15) is 55.6 Å². The third-order valence-electron chi connectivity index (χ3n) is 11.7. The number of aryl methyl sites for hydroxylation is 4. The summed E-state index contributed by atoms with van der Waals surface area (Å²) >= 11 is 0. The number of carbonyl (C=O) groups is 1. The molecule has 0 heterocycles. The van der Waals surface area contributed by atoms with Crippen molar-refractivity contribution in [3.05, 3.63) is 179 Å². The Hall–Kier alpha value is -4.70. The van der Waals surface area contributed by atoms with Crippen LogP contribution in [-0.2, 0) is 31.0 Å². The van der Waals surface area contributed by atoms with Crippen molar-refractivity contribution in [1.29, 1.82) is 0 Å². The van der Waals surface area contributed by atoms with E-state index in [0.29, 0.717) is 0 Å². The quantitative estimate of drug-likeness (QED) is 0.0443. The third-order valence-corrected chi connectivity index (χ3v) is 11.7. The topological polar surface area (TPSA) is 40.1 Å². The van der Waals surface area contributed by atoms with Crippen molar-refractivity contribution in [2.75, 3.05) is 0 Å². The summed E-state index contributed by atoms with van der Waals surface area (Å²) < 4.78 is 133. The summed E-state index contributed by atoms with van der Waals surface area (Å²) in [7, 11) is 0. The summed E-state index contributed by atoms with van der Waals surface area (Å²) in [4.78, 5) is 11.0. The minimum Gasteiger partial charge on any atom is -0.872 e. The van der Waals surface area contributed by atoms with E-state index in [2.05, 4.69) is 88.3 Å². The van der Waals surface area contributed by atoms with Crippen molar-refractivity contribution in [2.24, 2.45) is 0 Å². The Labute approximate surface area is 383 Å². The molecule has 0 radical (unpaired) electrons. The van der Waals surface area contributed by atoms with Crippen LogP contribution in [0.5, 0.6) is 5.75 Å². The first-order chi connectivity index (χ1) is 28.7. The Morgan fingerprint density at radius 2 is 0.698 bits per heavy atom. The number of benzene rings is 4. The zero-order valence-corrected chi connectivity index (χ0v) is 40.4. The van der Waals surface area contributed by atoms with Gasteiger partial charge >= 0.3 is 26.2 Å². The Morgan fingerprint density at radius 3 is 0.889 bits per heavy atom. The summed E-state index contributed by atoms with van der Waals surface area (Å²) in [5.74, 6) is -25.7. The maximum absolute atomic E-state index is 13.7. The largest absolute Gasteiger partial charge is 4.00 e. The molecule has 6 aromatic carbocycles. The van der Waals surface area contributed by atoms with Crippen LogP contribution in [0.25, 0.3) is 0 Å². The monoisotopic (exact) mass is 962 g/mol. The molecule has 0 saturated carbocycles. The maximum Gasteiger partial charge on any atom is 4.00 e. The Bertz CT molecular complexity index is 2190. The van der Waals surface area contributed by atoms with E-state index < -0.39 is 82.0 Å². The van der Waals surface area contributed by atoms with Gasteiger partial charge in [-0.15, -0.1) is 16.7 Å². The van der Waals surface area contributed by atoms with Crippen LogP contribution in [-0.4, -0.2) is 12.9 Å². The van der Waals surface area contributed by atoms with Crippen molar-refractivity contribution in [1.82, 2.24) is 0 Å². The van der Waals surface area contributed by atoms with Gasteiger partial charge in [0.2, 0.25) is 0 Å². The second-order valence-corrected chi connectivity index (χ2v) is 15.5. The van der Waals surface area contributed by atoms with Crippen molar-refractivity contribution in [3.63, 3.8) is 0 Å². The van der Waals surface area contributed by atoms with Crippen molar-refractivity contribution >= 4 is 23.8 Å². The molecule has 6 rings (SSSR count). The summed E-state index contributed by atoms with van der Waals surface area (Å²) in [6.07, 6.45) is -0.642. The predicted molar refractivity (Wildman–Crippen MR) is 228 cm³/mol. The van der Waals surface area contributed by atoms with Crippen LogP contribution in [0.1, 0.15) is 77.9 Å². The van der Waals surface area contributed by atoms with E-state index in [9.17, 15) is 53.8 Å². The first kappa shape index (κ1) is 56.3. The minimum atomic E-state index is -4.03. The molecule has 0 atom stereocenters. The molecule has 0 bridgehead atoms. The summed E-state index contributed by atoms with van der Waals surface area (Å²) in [6, 6.07) is 14.1. The molecule has 0 amide bonds. The van der Waals surface area contributed by atoms with Crippen molar-refractivity contribution in [2.45, 2.75) is 96.9 Å². The standard InChI is InChI=1S/C13H2BF10O.2C10H15.C9H12O.C7H8.Zr/c15-4-2(5(16)9(20)12(23)8(4)19)14(1-25)3-6(17)10(21)13(24)11(22)7(3)18;2*1-6-7(2)9(4)10(5)8(6)3;1-6-4-7(2)9(10)8(3)5-6;1-7-5-3-2-4-6-7;/h1,14H;2*1-5H3;4-5,10H,1-3H3;2-6H,1H3;/q3*-1;;;+4/p-1. The molecule has 0 saturated heterocycles. The summed E-state index contributed by atoms with van der Waals surface area (Å²) in [6.45, 7) is 25.7. The van der Waals surface area contributed by atoms with Gasteiger partial charge in [-0.05, 0) is 33.9 Å². The zero-order chi connectivity index (χ0) is 47.8. The molecule has 0 unspecified atom stereocenters. The van der Waals surface area contributed by atoms with Crippen LogP contribution in [0.4, 0.5) is 43.9 Å². The zero-order valence-electron chi connectivity index (χ0n) is 37.9. The molecule has 0 aromatic heterocycles. The van der Waals surface area contributed by atoms with Gasteiger partial charge < -0.3 is 9.90 Å². The number of carbonyl (C=O) groups excluding carboxylic acids is 1. The molecule has 0 aliphatic heterocycles. The molecule has 6 aromatic rings. The molecule has 63 heavy (non-hydrogen) atoms. The van der Waals surface area contributed by atoms with Crippen LogP contribution >= 0.6 is 0 Å². The van der Waals surface area contributed by atoms with Gasteiger partial charge in [0.05, 0.1) is 0 Å². The average Bonchev–Trinajstić information content (AvgIpc) is 3.52. The van der Waals surface area contributed by atoms with E-state index in [1.54, 1.807) is 0 Å². The Kier molecular flexibility index (Phi) is 21.3. The first-order valence-electron chi connectivity index (χ1n) is 19.5. The van der Waals surface area contributed by atoms with Gasteiger partial charge in [-0.1, -0.05) is 134 Å². The smallest absolute Gasteiger partial charge is 0.872 e. The predicted octanol–water partition coefficient (Wildman–Crippen LogP) is 11.8. The molecular formula is C49H51BF10O2Zr. The molecule has 0 spiro atoms. The minimum absolute atomic E-state index is 0. The van der Waals surface area contributed by atoms with Gasteiger partial charge in [0.15, 0.2) is 34.9 Å². The van der Waals surface area contributed by atoms with E-state index in [0.717, 1.165) is 16.7 Å². The molecule has 0 aliphatic carbocycles. The van der Waals surface area contributed by atoms with Crippen LogP contribution in [0.3, 0.4) is 0 Å². The number of halogens is 10. The molecule has 14 heteroatoms. The third kappa shape index (κ3) is 12.7. The van der Waals surface area contributed by atoms with Gasteiger partial charge in [0.25, 0.3) is 0 Å². The van der Waals surface area contributed by atoms with E-state index in [1.807, 2.05) is 51.1 Å². The SMILES string of the molecule is Cc1c(C)c(C)[c-](C)c1C.Cc1c(C)c(C)[c-](C)c1C.Cc1cc(C)c([O-])c(C)c1.Cc1ccccc1.O=C[BH-](c1c(F)c(F)c(F)c(F)c1F)c1c(F)c(F)c(F)c(F)c1F.[Zr+4]. The number of hydrogen-bond donors (Lipinski definition) is 0. The number of rotatable bonds is 3. The van der Waals surface area contributed by atoms with Crippen molar-refractivity contribution < 1.29 is 80.0 Å². The van der Waals surface area contributed by atoms with Crippen LogP contribution in [0, 0.1) is 155 Å². The van der Waals surface area contributed by atoms with Gasteiger partial charge in [0.1, 0.15) is 30.0 Å². The molecule has 0 N–H and O–H groups in total. The summed E-state index contributed by atoms with van der Waals surface area (Å²) in [5.41, 5.74) is 14.9. The van der Waals surface area contributed by atoms with E-state index in [-0.39, 0.29) is 32.0 Å². The fraction of sp³-hybridized carbons (Fsp3) is 0.286. The van der Waals surface area contributed by atoms with E-state index >= 15 is 0 Å². The van der Waals surface area contributed by atoms with E-state index in [4.69, 9.17) is 0 Å². The second kappa shape index (κ2) is 23.8. The van der Waals surface area contributed by atoms with Crippen LogP contribution in [0.15, 0.2) is 42.5 Å². The summed E-state index contributed by atoms with van der Waals surface area (Å²) in [5, 5.41) is 11.1. The molecule has 0 aliphatic rings. The van der Waals surface area contributed by atoms with Gasteiger partial charge in [-0.25, -0.2) is 43.9 Å². The Balaban J connectivity index is 0.000000433. The Morgan fingerprint density at radius 1 is 0.444 bits per heavy atom. The maximum atomic E-state index is 13.7. The fourth-order valence-electron chi connectivity index (χ4n) is 6.83.